The third-order valence-corrected chi connectivity index (χ3v) is 15.9. The van der Waals surface area contributed by atoms with E-state index < -0.39 is 18.1 Å². The van der Waals surface area contributed by atoms with Crippen molar-refractivity contribution < 1.29 is 39.1 Å². The molecule has 4 bridgehead atoms. The molecule has 0 radical (unpaired) electrons. The number of fused-ring (bicyclic) bond motifs is 7. The van der Waals surface area contributed by atoms with E-state index in [0.717, 1.165) is 96.6 Å². The number of phenolic OH excluding ortho intramolecular Hbond substituents is 1. The van der Waals surface area contributed by atoms with Gasteiger partial charge in [-0.1, -0.05) is 135 Å². The van der Waals surface area contributed by atoms with Gasteiger partial charge in [0.05, 0.1) is 32.1 Å². The van der Waals surface area contributed by atoms with Crippen molar-refractivity contribution in [2.45, 2.75) is 101 Å². The fourth-order valence-corrected chi connectivity index (χ4v) is 12.0. The van der Waals surface area contributed by atoms with Gasteiger partial charge in [-0.2, -0.15) is 0 Å². The number of aliphatic imine (C=N–C) groups is 1. The van der Waals surface area contributed by atoms with Crippen molar-refractivity contribution in [3.8, 4) is 39.9 Å². The number of ether oxygens (including phenoxy) is 4. The lowest BCUT2D eigenvalue weighted by atomic mass is 9.63. The molecule has 0 amide bonds. The number of hydrogen-bond acceptors (Lipinski definition) is 10. The number of anilines is 1. The summed E-state index contributed by atoms with van der Waals surface area (Å²) >= 11 is 0. The summed E-state index contributed by atoms with van der Waals surface area (Å²) in [6.45, 7) is 4.48. The van der Waals surface area contributed by atoms with Crippen LogP contribution in [0.15, 0.2) is 114 Å². The monoisotopic (exact) mass is 1030 g/mol. The van der Waals surface area contributed by atoms with Gasteiger partial charge in [-0.15, -0.1) is 0 Å². The fourth-order valence-electron chi connectivity index (χ4n) is 12.0. The number of ketones is 1. The summed E-state index contributed by atoms with van der Waals surface area (Å²) in [5.74, 6) is 1.84. The Morgan fingerprint density at radius 3 is 2.54 bits per heavy atom. The van der Waals surface area contributed by atoms with Gasteiger partial charge < -0.3 is 60.9 Å². The Morgan fingerprint density at radius 2 is 1.78 bits per heavy atom. The number of methoxy groups -OCH3 is 1. The normalized spacial score (nSPS) is 19.8. The molecule has 14 nitrogen and oxygen atoms in total. The van der Waals surface area contributed by atoms with Crippen LogP contribution in [0.1, 0.15) is 103 Å². The quantitative estimate of drug-likeness (QED) is 0.0409. The lowest BCUT2D eigenvalue weighted by Crippen LogP contribution is -2.61. The average molecular weight is 1030 g/mol. The van der Waals surface area contributed by atoms with Crippen LogP contribution in [-0.4, -0.2) is 90.6 Å². The zero-order chi connectivity index (χ0) is 52.8. The van der Waals surface area contributed by atoms with Crippen LogP contribution in [-0.2, 0) is 31.1 Å². The van der Waals surface area contributed by atoms with Crippen molar-refractivity contribution in [1.82, 2.24) is 10.3 Å². The van der Waals surface area contributed by atoms with Crippen molar-refractivity contribution in [3.05, 3.63) is 154 Å². The summed E-state index contributed by atoms with van der Waals surface area (Å²) in [5.41, 5.74) is 21.9. The number of aryl methyl sites for hydroxylation is 2. The molecule has 14 heteroatoms. The molecule has 11 rings (SSSR count). The Bertz CT molecular complexity index is 3050. The molecule has 6 aromatic rings. The number of rotatable bonds is 11. The van der Waals surface area contributed by atoms with Crippen LogP contribution >= 0.6 is 0 Å². The lowest BCUT2D eigenvalue weighted by Gasteiger charge is -2.56. The Kier molecular flexibility index (Phi) is 16.0. The Labute approximate surface area is 445 Å². The predicted molar refractivity (Wildman–Crippen MR) is 299 cm³/mol. The van der Waals surface area contributed by atoms with E-state index in [4.69, 9.17) is 40.4 Å². The van der Waals surface area contributed by atoms with E-state index >= 15 is 0 Å². The average Bonchev–Trinajstić information content (AvgIpc) is 3.92. The number of guanidine groups is 1. The minimum Gasteiger partial charge on any atom is -0.508 e. The van der Waals surface area contributed by atoms with E-state index in [1.807, 2.05) is 36.4 Å². The van der Waals surface area contributed by atoms with Gasteiger partial charge >= 0.3 is 5.78 Å². The molecule has 1 saturated heterocycles. The Morgan fingerprint density at radius 1 is 0.961 bits per heavy atom. The van der Waals surface area contributed by atoms with Gasteiger partial charge in [0.2, 0.25) is 5.75 Å². The number of hydrogen-bond donors (Lipinski definition) is 6. The first kappa shape index (κ1) is 52.2. The molecule has 1 spiro atoms. The number of aromatic nitrogens is 1. The number of nitrogens with zero attached hydrogens (tertiary/aromatic N) is 3. The maximum atomic E-state index is 12.3. The number of nitrogens with two attached hydrogens (primary N) is 2. The second-order valence-electron chi connectivity index (χ2n) is 20.8. The number of piperazine rings is 1. The van der Waals surface area contributed by atoms with Crippen LogP contribution in [0.25, 0.3) is 17.2 Å². The maximum Gasteiger partial charge on any atom is 0.335 e. The van der Waals surface area contributed by atoms with Crippen LogP contribution in [0.5, 0.6) is 28.7 Å². The van der Waals surface area contributed by atoms with Crippen molar-refractivity contribution in [2.24, 2.45) is 22.4 Å². The smallest absolute Gasteiger partial charge is 0.335 e. The largest absolute Gasteiger partial charge is 0.508 e. The first-order valence-corrected chi connectivity index (χ1v) is 27.1. The zero-order valence-electron chi connectivity index (χ0n) is 43.7. The molecule has 4 atom stereocenters. The Hall–Kier alpha value is -7.26. The highest BCUT2D eigenvalue weighted by Gasteiger charge is 2.44. The van der Waals surface area contributed by atoms with Gasteiger partial charge in [0.25, 0.3) is 0 Å². The number of aromatic hydroxyl groups is 1. The SMILES string of the molecule is CCc1cc2c([n-]1)N1CCNC[C@@H]1C1(CCCCC1)c1ccc(c(N=C(N)N)c1)C[C@@H](CO)COc1c(c3c(c(OCC[C@@H](O)/C=C/c4ccccc4)c1OC)C(=[OH+])CC(c1ccc(O)cc1)O3)CCc1cccc-2c1. The van der Waals surface area contributed by atoms with Crippen molar-refractivity contribution in [1.29, 1.82) is 0 Å². The maximum absolute atomic E-state index is 12.3. The highest BCUT2D eigenvalue weighted by Crippen LogP contribution is 2.54. The molecule has 1 aromatic heterocycles. The summed E-state index contributed by atoms with van der Waals surface area (Å²) in [6.07, 6.45) is 9.99. The predicted octanol–water partition coefficient (Wildman–Crippen LogP) is 8.76. The van der Waals surface area contributed by atoms with E-state index in [0.29, 0.717) is 47.6 Å². The standard InChI is InChI=1S/C62H71N6O8/c1-3-46-34-50-43-14-10-13-40(31-43)16-24-49-56-55(52(72)35-53(76-56)42-18-22-47(70)23-19-42)58(74-30-25-48(71)21-15-39-11-6-4-7-12-39)59(73-2)57(49)75-38-41(37-69)32-44-17-20-45(33-51(44)67-61(63)64)62(26-8-5-9-27-62)54-36-65-28-29-68(54)60(50)66-46/h4,6-7,10-15,17-23,31,33-34,41,48,53-54,65,69-71H,3,5,8-9,16,24-30,32,35-38H2,1-2H3,(H4,63,64,67)/q-1/p+1/b21-15+/t41-,48-,53?,54+/m0/s1. The summed E-state index contributed by atoms with van der Waals surface area (Å²) in [5, 5.41) is 36.4. The molecule has 9 N–H and O–H groups in total. The van der Waals surface area contributed by atoms with Crippen LogP contribution in [0.4, 0.5) is 11.5 Å². The minimum absolute atomic E-state index is 0.0292. The number of aliphatic hydroxyl groups excluding tert-OH is 2. The number of aliphatic hydroxyl groups is 2. The minimum atomic E-state index is -0.835. The molecule has 4 aliphatic heterocycles. The van der Waals surface area contributed by atoms with Gasteiger partial charge in [0.1, 0.15) is 24.0 Å². The molecule has 5 heterocycles. The number of benzene rings is 5. The summed E-state index contributed by atoms with van der Waals surface area (Å²) in [7, 11) is 1.54. The van der Waals surface area contributed by atoms with Crippen LogP contribution in [0.3, 0.4) is 0 Å². The second-order valence-corrected chi connectivity index (χ2v) is 20.8. The molecule has 5 aromatic carbocycles. The van der Waals surface area contributed by atoms with Gasteiger partial charge in [0.15, 0.2) is 23.0 Å². The molecule has 398 valence electrons. The molecule has 1 unspecified atom stereocenters. The number of phenols is 1. The highest BCUT2D eigenvalue weighted by atomic mass is 16.5. The van der Waals surface area contributed by atoms with Crippen molar-refractivity contribution in [2.75, 3.05) is 51.5 Å². The third kappa shape index (κ3) is 11.0. The van der Waals surface area contributed by atoms with Gasteiger partial charge in [-0.3, -0.25) is 4.79 Å². The van der Waals surface area contributed by atoms with E-state index in [-0.39, 0.29) is 73.1 Å². The van der Waals surface area contributed by atoms with Crippen molar-refractivity contribution >= 4 is 29.3 Å². The molecular weight excluding hydrogens is 957 g/mol. The summed E-state index contributed by atoms with van der Waals surface area (Å²) in [4.78, 5) is 25.1. The summed E-state index contributed by atoms with van der Waals surface area (Å²) in [6, 6.07) is 34.1. The van der Waals surface area contributed by atoms with Crippen LogP contribution in [0, 0.1) is 5.92 Å². The number of carbonyl (C=O) groups excluding carboxylic acids is 1. The van der Waals surface area contributed by atoms with E-state index in [2.05, 4.69) is 65.7 Å². The zero-order valence-corrected chi connectivity index (χ0v) is 43.7. The molecule has 76 heavy (non-hydrogen) atoms. The highest BCUT2D eigenvalue weighted by molar-refractivity contribution is 6.05. The van der Waals surface area contributed by atoms with Crippen LogP contribution < -0.4 is 45.6 Å². The molecule has 1 aliphatic carbocycles. The van der Waals surface area contributed by atoms with Gasteiger partial charge in [-0.05, 0) is 127 Å². The van der Waals surface area contributed by atoms with Gasteiger partial charge in [0, 0.05) is 24.5 Å². The van der Waals surface area contributed by atoms with E-state index in [1.54, 1.807) is 37.5 Å². The van der Waals surface area contributed by atoms with Crippen LogP contribution in [0.2, 0.25) is 0 Å². The fraction of sp³-hybridized carbons (Fsp3) is 0.387. The Balaban J connectivity index is 1.12. The van der Waals surface area contributed by atoms with E-state index in [9.17, 15) is 20.1 Å². The molecule has 5 aliphatic rings. The first-order valence-electron chi connectivity index (χ1n) is 27.1. The van der Waals surface area contributed by atoms with E-state index in [1.165, 1.54) is 12.0 Å². The molecule has 1 saturated carbocycles. The number of nitrogens with one attached hydrogen (secondary N) is 1. The molecular formula is C62H72N6O8. The third-order valence-electron chi connectivity index (χ3n) is 15.9. The second kappa shape index (κ2) is 23.3. The van der Waals surface area contributed by atoms with Crippen molar-refractivity contribution in [3.63, 3.8) is 0 Å². The van der Waals surface area contributed by atoms with Gasteiger partial charge in [-0.25, -0.2) is 4.99 Å². The summed E-state index contributed by atoms with van der Waals surface area (Å²) < 4.78 is 26.9. The lowest BCUT2D eigenvalue weighted by molar-refractivity contribution is 0.153. The molecule has 2 fully saturated rings. The topological polar surface area (TPSA) is 213 Å². The first-order chi connectivity index (χ1) is 37.0.